The van der Waals surface area contributed by atoms with E-state index in [1.807, 2.05) is 65.4 Å². The third-order valence-corrected chi connectivity index (χ3v) is 4.41. The van der Waals surface area contributed by atoms with Crippen LogP contribution in [0.1, 0.15) is 27.8 Å². The van der Waals surface area contributed by atoms with Crippen LogP contribution in [0, 0.1) is 0 Å². The summed E-state index contributed by atoms with van der Waals surface area (Å²) in [6.45, 7) is 0.548. The summed E-state index contributed by atoms with van der Waals surface area (Å²) in [7, 11) is 0. The smallest absolute Gasteiger partial charge is 0.260 e. The highest BCUT2D eigenvalue weighted by molar-refractivity contribution is 6.09. The molecule has 0 radical (unpaired) electrons. The summed E-state index contributed by atoms with van der Waals surface area (Å²) in [6.07, 6.45) is 1.67. The topological polar surface area (TPSA) is 62.9 Å². The molecule has 0 saturated heterocycles. The molecule has 0 bridgehead atoms. The van der Waals surface area contributed by atoms with Gasteiger partial charge in [-0.05, 0) is 35.9 Å². The predicted molar refractivity (Wildman–Crippen MR) is 88.3 cm³/mol. The second kappa shape index (κ2) is 4.86. The molecule has 1 atom stereocenters. The summed E-state index contributed by atoms with van der Waals surface area (Å²) in [5.74, 6) is 1.45. The van der Waals surface area contributed by atoms with Crippen LogP contribution < -0.4 is 4.90 Å². The van der Waals surface area contributed by atoms with Crippen molar-refractivity contribution < 1.29 is 4.79 Å². The van der Waals surface area contributed by atoms with Crippen molar-refractivity contribution in [3.05, 3.63) is 77.6 Å². The van der Waals surface area contributed by atoms with Crippen molar-refractivity contribution in [1.29, 1.82) is 0 Å². The molecule has 5 rings (SSSR count). The fraction of sp³-hybridized carbons (Fsp3) is 0.111. The molecule has 1 amide bonds. The Morgan fingerprint density at radius 1 is 1.00 bits per heavy atom. The van der Waals surface area contributed by atoms with Gasteiger partial charge in [0.1, 0.15) is 5.82 Å². The van der Waals surface area contributed by atoms with Crippen molar-refractivity contribution in [1.82, 2.24) is 9.55 Å². The van der Waals surface area contributed by atoms with E-state index in [-0.39, 0.29) is 12.1 Å². The van der Waals surface area contributed by atoms with Gasteiger partial charge in [0.2, 0.25) is 0 Å². The average Bonchev–Trinajstić information content (AvgIpc) is 3.30. The Bertz CT molecular complexity index is 990. The number of hydrogen-bond donors (Lipinski definition) is 0. The number of anilines is 1. The first-order valence-corrected chi connectivity index (χ1v) is 7.76. The van der Waals surface area contributed by atoms with Crippen molar-refractivity contribution in [3.63, 3.8) is 0 Å². The molecule has 24 heavy (non-hydrogen) atoms. The number of azo groups is 1. The van der Waals surface area contributed by atoms with Crippen molar-refractivity contribution in [2.75, 3.05) is 4.90 Å². The van der Waals surface area contributed by atoms with Gasteiger partial charge in [0.05, 0.1) is 12.2 Å². The van der Waals surface area contributed by atoms with E-state index in [4.69, 9.17) is 0 Å². The lowest BCUT2D eigenvalue weighted by atomic mass is 10.1. The van der Waals surface area contributed by atoms with Gasteiger partial charge in [-0.15, -0.1) is 5.11 Å². The van der Waals surface area contributed by atoms with Crippen LogP contribution in [0.15, 0.2) is 71.0 Å². The van der Waals surface area contributed by atoms with Gasteiger partial charge < -0.3 is 4.57 Å². The molecular weight excluding hydrogens is 302 g/mol. The quantitative estimate of drug-likeness (QED) is 0.724. The lowest BCUT2D eigenvalue weighted by Gasteiger charge is -2.17. The molecule has 2 aromatic heterocycles. The summed E-state index contributed by atoms with van der Waals surface area (Å²) in [5, 5.41) is 8.44. The summed E-state index contributed by atoms with van der Waals surface area (Å²) >= 11 is 0. The molecule has 4 heterocycles. The summed E-state index contributed by atoms with van der Waals surface area (Å²) < 4.78 is 1.96. The maximum atomic E-state index is 12.6. The molecule has 3 aromatic rings. The Labute approximate surface area is 138 Å². The fourth-order valence-electron chi connectivity index (χ4n) is 3.22. The van der Waals surface area contributed by atoms with Gasteiger partial charge in [-0.2, -0.15) is 5.11 Å². The van der Waals surface area contributed by atoms with E-state index in [1.54, 1.807) is 4.90 Å². The van der Waals surface area contributed by atoms with Crippen LogP contribution in [0.3, 0.4) is 0 Å². The van der Waals surface area contributed by atoms with Crippen molar-refractivity contribution in [2.24, 2.45) is 10.2 Å². The average molecular weight is 315 g/mol. The van der Waals surface area contributed by atoms with Crippen molar-refractivity contribution in [3.8, 4) is 0 Å². The number of fused-ring (bicyclic) bond motifs is 2. The molecule has 2 aliphatic heterocycles. The molecule has 1 unspecified atom stereocenters. The molecule has 0 spiro atoms. The number of carbonyl (C=O) groups excluding carboxylic acids is 1. The van der Waals surface area contributed by atoms with Gasteiger partial charge in [0, 0.05) is 11.8 Å². The van der Waals surface area contributed by atoms with Crippen LogP contribution >= 0.6 is 0 Å². The molecular formula is C18H13N5O. The molecule has 2 aliphatic rings. The van der Waals surface area contributed by atoms with E-state index >= 15 is 0 Å². The van der Waals surface area contributed by atoms with Gasteiger partial charge >= 0.3 is 0 Å². The van der Waals surface area contributed by atoms with Gasteiger partial charge in [-0.1, -0.05) is 24.3 Å². The van der Waals surface area contributed by atoms with E-state index in [9.17, 15) is 4.79 Å². The third kappa shape index (κ3) is 1.83. The van der Waals surface area contributed by atoms with Crippen molar-refractivity contribution >= 4 is 17.5 Å². The number of amides is 1. The Balaban J connectivity index is 1.52. The minimum atomic E-state index is -0.268. The highest BCUT2D eigenvalue weighted by atomic mass is 16.2. The van der Waals surface area contributed by atoms with Gasteiger partial charge in [-0.3, -0.25) is 9.69 Å². The minimum Gasteiger partial charge on any atom is -0.302 e. The Kier molecular flexibility index (Phi) is 2.67. The van der Waals surface area contributed by atoms with E-state index in [0.29, 0.717) is 12.4 Å². The van der Waals surface area contributed by atoms with Crippen LogP contribution in [-0.4, -0.2) is 15.5 Å². The second-order valence-electron chi connectivity index (χ2n) is 5.83. The van der Waals surface area contributed by atoms with Crippen molar-refractivity contribution in [2.45, 2.75) is 12.7 Å². The third-order valence-electron chi connectivity index (χ3n) is 4.41. The van der Waals surface area contributed by atoms with Crippen LogP contribution in [0.2, 0.25) is 0 Å². The molecule has 6 nitrogen and oxygen atoms in total. The SMILES string of the molecule is O=C1c2ccccc2CN1c1cccc(C2N=Nc3cccn32)n1. The number of aromatic nitrogens is 2. The van der Waals surface area contributed by atoms with Crippen LogP contribution in [0.25, 0.3) is 0 Å². The summed E-state index contributed by atoms with van der Waals surface area (Å²) in [4.78, 5) is 19.0. The number of carbonyl (C=O) groups is 1. The largest absolute Gasteiger partial charge is 0.302 e. The fourth-order valence-corrected chi connectivity index (χ4v) is 3.22. The zero-order valence-electron chi connectivity index (χ0n) is 12.7. The lowest BCUT2D eigenvalue weighted by Crippen LogP contribution is -2.24. The number of nitrogens with zero attached hydrogens (tertiary/aromatic N) is 5. The molecule has 0 fully saturated rings. The molecule has 0 N–H and O–H groups in total. The number of pyridine rings is 1. The Hall–Kier alpha value is -3.28. The first-order valence-electron chi connectivity index (χ1n) is 7.76. The van der Waals surface area contributed by atoms with E-state index in [2.05, 4.69) is 15.2 Å². The first kappa shape index (κ1) is 13.2. The normalized spacial score (nSPS) is 18.1. The number of rotatable bonds is 2. The summed E-state index contributed by atoms with van der Waals surface area (Å²) in [6, 6.07) is 17.2. The zero-order chi connectivity index (χ0) is 16.1. The highest BCUT2D eigenvalue weighted by Gasteiger charge is 2.30. The van der Waals surface area contributed by atoms with Crippen LogP contribution in [0.5, 0.6) is 0 Å². The molecule has 0 saturated carbocycles. The molecule has 6 heteroatoms. The number of hydrogen-bond acceptors (Lipinski definition) is 4. The lowest BCUT2D eigenvalue weighted by molar-refractivity contribution is 0.0996. The molecule has 116 valence electrons. The van der Waals surface area contributed by atoms with Gasteiger partial charge in [-0.25, -0.2) is 4.98 Å². The second-order valence-corrected chi connectivity index (χ2v) is 5.83. The van der Waals surface area contributed by atoms with Gasteiger partial charge in [0.25, 0.3) is 5.91 Å². The van der Waals surface area contributed by atoms with Crippen LogP contribution in [0.4, 0.5) is 11.6 Å². The van der Waals surface area contributed by atoms with Gasteiger partial charge in [0.15, 0.2) is 12.0 Å². The van der Waals surface area contributed by atoms with E-state index in [1.165, 1.54) is 0 Å². The zero-order valence-corrected chi connectivity index (χ0v) is 12.7. The monoisotopic (exact) mass is 315 g/mol. The molecule has 0 aliphatic carbocycles. The maximum absolute atomic E-state index is 12.6. The van der Waals surface area contributed by atoms with Crippen LogP contribution in [-0.2, 0) is 6.54 Å². The Morgan fingerprint density at radius 3 is 2.83 bits per heavy atom. The highest BCUT2D eigenvalue weighted by Crippen LogP contribution is 2.34. The molecule has 1 aromatic carbocycles. The summed E-state index contributed by atoms with van der Waals surface area (Å²) in [5.41, 5.74) is 2.55. The maximum Gasteiger partial charge on any atom is 0.260 e. The van der Waals surface area contributed by atoms with E-state index in [0.717, 1.165) is 22.6 Å². The minimum absolute atomic E-state index is 0.00930. The predicted octanol–water partition coefficient (Wildman–Crippen LogP) is 3.69. The first-order chi connectivity index (χ1) is 11.8. The Morgan fingerprint density at radius 2 is 1.92 bits per heavy atom. The number of benzene rings is 1. The van der Waals surface area contributed by atoms with E-state index < -0.39 is 0 Å². The standard InChI is InChI=1S/C18H13N5O/c24-18-13-6-2-1-5-12(13)11-23(18)15-8-3-7-14(19-15)17-21-20-16-9-4-10-22(16)17/h1-10,17H,11H2.